The first-order valence-corrected chi connectivity index (χ1v) is 9.84. The average molecular weight is 373 g/mol. The van der Waals surface area contributed by atoms with Crippen molar-refractivity contribution in [3.8, 4) is 11.5 Å². The van der Waals surface area contributed by atoms with E-state index in [4.69, 9.17) is 9.47 Å². The third kappa shape index (κ3) is 2.68. The smallest absolute Gasteiger partial charge is 0.246 e. The number of hydrogen-bond acceptors (Lipinski definition) is 5. The second-order valence-corrected chi connectivity index (χ2v) is 8.53. The fraction of sp³-hybridized carbons (Fsp3) is 0.316. The summed E-state index contributed by atoms with van der Waals surface area (Å²) < 4.78 is 38.8. The first kappa shape index (κ1) is 17.1. The van der Waals surface area contributed by atoms with Crippen molar-refractivity contribution in [1.82, 2.24) is 4.31 Å². The maximum Gasteiger partial charge on any atom is 0.246 e. The van der Waals surface area contributed by atoms with Gasteiger partial charge in [0.15, 0.2) is 5.78 Å². The molecule has 26 heavy (non-hydrogen) atoms. The number of nitrogens with zero attached hydrogens (tertiary/aromatic N) is 1. The molecule has 2 aliphatic heterocycles. The summed E-state index contributed by atoms with van der Waals surface area (Å²) in [5.74, 6) is 0.822. The highest BCUT2D eigenvalue weighted by Gasteiger charge is 2.49. The zero-order valence-electron chi connectivity index (χ0n) is 14.3. The minimum atomic E-state index is -3.73. The molecule has 2 aliphatic rings. The number of sulfonamides is 1. The number of methoxy groups -OCH3 is 1. The van der Waals surface area contributed by atoms with Crippen LogP contribution in [0.3, 0.4) is 0 Å². The number of carbonyl (C=O) groups is 1. The molecule has 1 spiro atoms. The highest BCUT2D eigenvalue weighted by atomic mass is 32.2. The van der Waals surface area contributed by atoms with Crippen molar-refractivity contribution in [2.24, 2.45) is 0 Å². The van der Waals surface area contributed by atoms with Crippen molar-refractivity contribution in [3.63, 3.8) is 0 Å². The summed E-state index contributed by atoms with van der Waals surface area (Å²) in [5, 5.41) is 0. The molecule has 0 aliphatic carbocycles. The summed E-state index contributed by atoms with van der Waals surface area (Å²) >= 11 is 0. The average Bonchev–Trinajstić information content (AvgIpc) is 3.05. The molecule has 2 aromatic carbocycles. The number of ketones is 1. The molecule has 1 saturated heterocycles. The third-order valence-electron chi connectivity index (χ3n) is 4.96. The quantitative estimate of drug-likeness (QED) is 0.827. The molecule has 6 nitrogen and oxygen atoms in total. The van der Waals surface area contributed by atoms with Gasteiger partial charge >= 0.3 is 0 Å². The molecule has 0 radical (unpaired) electrons. The van der Waals surface area contributed by atoms with E-state index in [9.17, 15) is 13.2 Å². The second kappa shape index (κ2) is 6.10. The van der Waals surface area contributed by atoms with E-state index in [1.807, 2.05) is 6.07 Å². The Morgan fingerprint density at radius 3 is 2.65 bits per heavy atom. The predicted octanol–water partition coefficient (Wildman–Crippen LogP) is 2.49. The van der Waals surface area contributed by atoms with Gasteiger partial charge in [0, 0.05) is 13.0 Å². The molecule has 0 saturated carbocycles. The molecule has 1 atom stereocenters. The van der Waals surface area contributed by atoms with Crippen LogP contribution >= 0.6 is 0 Å². The normalized spacial score (nSPS) is 22.9. The van der Waals surface area contributed by atoms with E-state index in [0.717, 1.165) is 0 Å². The van der Waals surface area contributed by atoms with Gasteiger partial charge in [-0.15, -0.1) is 0 Å². The summed E-state index contributed by atoms with van der Waals surface area (Å²) in [4.78, 5) is 12.6. The number of hydrogen-bond donors (Lipinski definition) is 0. The van der Waals surface area contributed by atoms with Crippen LogP contribution in [0.5, 0.6) is 11.5 Å². The number of carbonyl (C=O) groups excluding carboxylic acids is 1. The standard InChI is InChI=1S/C19H19NO5S/c1-24-17-8-4-5-9-18(17)26(22,23)20-11-10-19(13-20)12-15(21)14-6-2-3-7-16(14)25-19/h2-9H,10-13H2,1H3. The maximum atomic E-state index is 13.1. The van der Waals surface area contributed by atoms with Crippen LogP contribution in [0.1, 0.15) is 23.2 Å². The zero-order chi connectivity index (χ0) is 18.4. The first-order chi connectivity index (χ1) is 12.5. The molecule has 2 heterocycles. The van der Waals surface area contributed by atoms with Crippen LogP contribution in [0.15, 0.2) is 53.4 Å². The van der Waals surface area contributed by atoms with E-state index in [2.05, 4.69) is 0 Å². The van der Waals surface area contributed by atoms with E-state index in [0.29, 0.717) is 30.0 Å². The van der Waals surface area contributed by atoms with Gasteiger partial charge in [0.2, 0.25) is 10.0 Å². The Labute approximate surface area is 152 Å². The van der Waals surface area contributed by atoms with Crippen molar-refractivity contribution >= 4 is 15.8 Å². The monoisotopic (exact) mass is 373 g/mol. The Morgan fingerprint density at radius 2 is 1.85 bits per heavy atom. The van der Waals surface area contributed by atoms with Crippen molar-refractivity contribution in [1.29, 1.82) is 0 Å². The van der Waals surface area contributed by atoms with Gasteiger partial charge in [-0.3, -0.25) is 4.79 Å². The van der Waals surface area contributed by atoms with Crippen LogP contribution in [0, 0.1) is 0 Å². The topological polar surface area (TPSA) is 72.9 Å². The number of rotatable bonds is 3. The van der Waals surface area contributed by atoms with Crippen LogP contribution in [0.2, 0.25) is 0 Å². The summed E-state index contributed by atoms with van der Waals surface area (Å²) in [5.41, 5.74) is -0.246. The van der Waals surface area contributed by atoms with Gasteiger partial charge in [-0.2, -0.15) is 4.31 Å². The van der Waals surface area contributed by atoms with Crippen molar-refractivity contribution < 1.29 is 22.7 Å². The molecule has 2 aromatic rings. The summed E-state index contributed by atoms with van der Waals surface area (Å²) in [6.07, 6.45) is 0.656. The first-order valence-electron chi connectivity index (χ1n) is 8.40. The van der Waals surface area contributed by atoms with Gasteiger partial charge in [-0.25, -0.2) is 8.42 Å². The van der Waals surface area contributed by atoms with Crippen LogP contribution in [-0.4, -0.2) is 44.3 Å². The number of para-hydroxylation sites is 2. The zero-order valence-corrected chi connectivity index (χ0v) is 15.2. The van der Waals surface area contributed by atoms with E-state index < -0.39 is 15.6 Å². The molecule has 1 fully saturated rings. The molecule has 0 N–H and O–H groups in total. The van der Waals surface area contributed by atoms with E-state index in [1.54, 1.807) is 36.4 Å². The van der Waals surface area contributed by atoms with Crippen LogP contribution in [-0.2, 0) is 10.0 Å². The Morgan fingerprint density at radius 1 is 1.12 bits per heavy atom. The van der Waals surface area contributed by atoms with Crippen LogP contribution < -0.4 is 9.47 Å². The molecule has 0 aromatic heterocycles. The Bertz CT molecular complexity index is 971. The number of ether oxygens (including phenoxy) is 2. The number of fused-ring (bicyclic) bond motifs is 1. The number of benzene rings is 2. The van der Waals surface area contributed by atoms with E-state index in [1.165, 1.54) is 17.5 Å². The fourth-order valence-electron chi connectivity index (χ4n) is 3.65. The fourth-order valence-corrected chi connectivity index (χ4v) is 5.33. The Balaban J connectivity index is 1.64. The Kier molecular flexibility index (Phi) is 4.00. The molecular formula is C19H19NO5S. The molecule has 0 amide bonds. The van der Waals surface area contributed by atoms with Crippen molar-refractivity contribution in [2.75, 3.05) is 20.2 Å². The molecule has 136 valence electrons. The molecule has 4 rings (SSSR count). The van der Waals surface area contributed by atoms with E-state index >= 15 is 0 Å². The lowest BCUT2D eigenvalue weighted by Gasteiger charge is -2.34. The van der Waals surface area contributed by atoms with Gasteiger partial charge in [0.1, 0.15) is 22.0 Å². The Hall–Kier alpha value is -2.38. The molecule has 0 bridgehead atoms. The van der Waals surface area contributed by atoms with Gasteiger partial charge in [0.25, 0.3) is 0 Å². The maximum absolute atomic E-state index is 13.1. The van der Waals surface area contributed by atoms with Crippen molar-refractivity contribution in [3.05, 3.63) is 54.1 Å². The third-order valence-corrected chi connectivity index (χ3v) is 6.85. The summed E-state index contributed by atoms with van der Waals surface area (Å²) in [6.45, 7) is 0.448. The number of Topliss-reactive ketones (excluding diaryl/α,β-unsaturated/α-hetero) is 1. The SMILES string of the molecule is COc1ccccc1S(=O)(=O)N1CCC2(CC(=O)c3ccccc3O2)C1. The molecular weight excluding hydrogens is 354 g/mol. The predicted molar refractivity (Wildman–Crippen MR) is 95.1 cm³/mol. The minimum Gasteiger partial charge on any atom is -0.495 e. The van der Waals surface area contributed by atoms with Crippen molar-refractivity contribution in [2.45, 2.75) is 23.3 Å². The van der Waals surface area contributed by atoms with Crippen LogP contribution in [0.25, 0.3) is 0 Å². The lowest BCUT2D eigenvalue weighted by Crippen LogP contribution is -2.45. The van der Waals surface area contributed by atoms with E-state index in [-0.39, 0.29) is 23.6 Å². The van der Waals surface area contributed by atoms with Gasteiger partial charge in [-0.1, -0.05) is 24.3 Å². The lowest BCUT2D eigenvalue weighted by molar-refractivity contribution is 0.0498. The summed E-state index contributed by atoms with van der Waals surface area (Å²) in [6, 6.07) is 13.6. The molecule has 1 unspecified atom stereocenters. The second-order valence-electron chi connectivity index (χ2n) is 6.62. The lowest BCUT2D eigenvalue weighted by atomic mass is 9.89. The highest BCUT2D eigenvalue weighted by molar-refractivity contribution is 7.89. The minimum absolute atomic E-state index is 0.0108. The van der Waals surface area contributed by atoms with Gasteiger partial charge in [-0.05, 0) is 24.3 Å². The van der Waals surface area contributed by atoms with Crippen LogP contribution in [0.4, 0.5) is 0 Å². The summed E-state index contributed by atoms with van der Waals surface area (Å²) in [7, 11) is -2.29. The largest absolute Gasteiger partial charge is 0.495 e. The van der Waals surface area contributed by atoms with Gasteiger partial charge in [0.05, 0.1) is 25.6 Å². The highest BCUT2D eigenvalue weighted by Crippen LogP contribution is 2.40. The van der Waals surface area contributed by atoms with Gasteiger partial charge < -0.3 is 9.47 Å². The molecule has 7 heteroatoms.